The van der Waals surface area contributed by atoms with Crippen molar-refractivity contribution in [1.82, 2.24) is 4.90 Å². The minimum atomic E-state index is -0.574. The number of hydrogen-bond donors (Lipinski definition) is 0. The van der Waals surface area contributed by atoms with Crippen molar-refractivity contribution in [2.75, 3.05) is 26.3 Å². The van der Waals surface area contributed by atoms with Gasteiger partial charge in [0.2, 0.25) is 6.04 Å². The largest absolute Gasteiger partial charge is 0.378 e. The van der Waals surface area contributed by atoms with E-state index in [1.807, 2.05) is 6.08 Å². The lowest BCUT2D eigenvalue weighted by molar-refractivity contribution is -0.509. The fourth-order valence-corrected chi connectivity index (χ4v) is 2.70. The Kier molecular flexibility index (Phi) is 3.80. The third-order valence-corrected chi connectivity index (χ3v) is 3.43. The summed E-state index contributed by atoms with van der Waals surface area (Å²) < 4.78 is 6.22. The Morgan fingerprint density at radius 1 is 1.50 bits per heavy atom. The summed E-state index contributed by atoms with van der Waals surface area (Å²) in [5, 5.41) is 10.8. The molecule has 1 atom stereocenters. The fourth-order valence-electron chi connectivity index (χ4n) is 1.93. The number of nitrogens with zero attached hydrogens (tertiary/aromatic N) is 2. The summed E-state index contributed by atoms with van der Waals surface area (Å²) in [4.78, 5) is 12.8. The second-order valence-corrected chi connectivity index (χ2v) is 5.09. The van der Waals surface area contributed by atoms with Crippen LogP contribution in [0.3, 0.4) is 0 Å². The zero-order valence-electron chi connectivity index (χ0n) is 8.76. The molecule has 0 amide bonds. The Balaban J connectivity index is 2.09. The Hall–Kier alpha value is -0.630. The Bertz CT molecular complexity index is 348. The van der Waals surface area contributed by atoms with Crippen molar-refractivity contribution in [3.05, 3.63) is 31.5 Å². The van der Waals surface area contributed by atoms with E-state index in [1.54, 1.807) is 6.08 Å². The van der Waals surface area contributed by atoms with Crippen molar-refractivity contribution in [1.29, 1.82) is 0 Å². The van der Waals surface area contributed by atoms with Gasteiger partial charge in [0, 0.05) is 33.4 Å². The Labute approximate surface area is 107 Å². The molecule has 88 valence electrons. The van der Waals surface area contributed by atoms with E-state index in [4.69, 9.17) is 4.74 Å². The molecule has 1 heterocycles. The first-order valence-corrected chi connectivity index (χ1v) is 6.29. The van der Waals surface area contributed by atoms with Crippen LogP contribution in [0.1, 0.15) is 6.42 Å². The average molecular weight is 336 g/mol. The van der Waals surface area contributed by atoms with Crippen molar-refractivity contribution in [3.63, 3.8) is 0 Å². The lowest BCUT2D eigenvalue weighted by atomic mass is 10.1. The molecule has 1 aliphatic carbocycles. The summed E-state index contributed by atoms with van der Waals surface area (Å²) in [7, 11) is 0. The summed E-state index contributed by atoms with van der Waals surface area (Å²) >= 11 is 2.14. The zero-order chi connectivity index (χ0) is 11.5. The molecule has 0 N–H and O–H groups in total. The monoisotopic (exact) mass is 336 g/mol. The van der Waals surface area contributed by atoms with Gasteiger partial charge in [-0.05, 0) is 28.7 Å². The highest BCUT2D eigenvalue weighted by molar-refractivity contribution is 14.1. The molecule has 0 bridgehead atoms. The quantitative estimate of drug-likeness (QED) is 0.436. The third-order valence-electron chi connectivity index (χ3n) is 2.76. The van der Waals surface area contributed by atoms with Gasteiger partial charge >= 0.3 is 0 Å². The summed E-state index contributed by atoms with van der Waals surface area (Å²) in [5.41, 5.74) is 1.07. The number of rotatable bonds is 2. The highest BCUT2D eigenvalue weighted by atomic mass is 127. The molecular formula is C10H13IN2O3. The van der Waals surface area contributed by atoms with Crippen LogP contribution in [0.4, 0.5) is 0 Å². The van der Waals surface area contributed by atoms with Crippen molar-refractivity contribution < 1.29 is 9.66 Å². The van der Waals surface area contributed by atoms with Crippen LogP contribution >= 0.6 is 22.6 Å². The van der Waals surface area contributed by atoms with E-state index in [1.165, 1.54) is 0 Å². The van der Waals surface area contributed by atoms with Crippen molar-refractivity contribution in [2.45, 2.75) is 12.5 Å². The van der Waals surface area contributed by atoms with Crippen LogP contribution in [-0.4, -0.2) is 42.2 Å². The molecule has 2 rings (SSSR count). The van der Waals surface area contributed by atoms with Crippen LogP contribution in [0.15, 0.2) is 21.4 Å². The molecule has 6 heteroatoms. The molecule has 0 radical (unpaired) electrons. The first-order chi connectivity index (χ1) is 7.66. The van der Waals surface area contributed by atoms with Gasteiger partial charge < -0.3 is 9.64 Å². The van der Waals surface area contributed by atoms with Gasteiger partial charge in [-0.25, -0.2) is 0 Å². The average Bonchev–Trinajstić information content (AvgIpc) is 2.29. The van der Waals surface area contributed by atoms with E-state index in [0.717, 1.165) is 22.4 Å². The zero-order valence-corrected chi connectivity index (χ0v) is 10.9. The van der Waals surface area contributed by atoms with Crippen LogP contribution in [0.5, 0.6) is 0 Å². The molecule has 0 aromatic rings. The van der Waals surface area contributed by atoms with Crippen molar-refractivity contribution >= 4 is 22.6 Å². The van der Waals surface area contributed by atoms with Gasteiger partial charge in [0.25, 0.3) is 0 Å². The van der Waals surface area contributed by atoms with Gasteiger partial charge in [0.05, 0.1) is 19.6 Å². The molecular weight excluding hydrogens is 323 g/mol. The molecule has 0 saturated carbocycles. The second-order valence-electron chi connectivity index (χ2n) is 3.84. The number of morpholine rings is 1. The smallest absolute Gasteiger partial charge is 0.238 e. The van der Waals surface area contributed by atoms with Crippen LogP contribution < -0.4 is 0 Å². The number of nitro groups is 1. The van der Waals surface area contributed by atoms with Crippen LogP contribution in [-0.2, 0) is 4.74 Å². The molecule has 1 aliphatic heterocycles. The highest BCUT2D eigenvalue weighted by Gasteiger charge is 2.26. The van der Waals surface area contributed by atoms with Gasteiger partial charge in [-0.1, -0.05) is 0 Å². The molecule has 16 heavy (non-hydrogen) atoms. The normalized spacial score (nSPS) is 26.1. The number of allylic oxidation sites excluding steroid dienone is 2. The van der Waals surface area contributed by atoms with Crippen LogP contribution in [0.2, 0.25) is 0 Å². The van der Waals surface area contributed by atoms with E-state index in [2.05, 4.69) is 27.5 Å². The lowest BCUT2D eigenvalue weighted by Crippen LogP contribution is -2.37. The number of halogens is 1. The molecule has 1 saturated heterocycles. The molecule has 2 aliphatic rings. The van der Waals surface area contributed by atoms with Gasteiger partial charge in [-0.3, -0.25) is 10.1 Å². The van der Waals surface area contributed by atoms with Crippen LogP contribution in [0.25, 0.3) is 0 Å². The lowest BCUT2D eigenvalue weighted by Gasteiger charge is -2.32. The van der Waals surface area contributed by atoms with Gasteiger partial charge in [-0.15, -0.1) is 0 Å². The van der Waals surface area contributed by atoms with E-state index in [9.17, 15) is 10.1 Å². The predicted octanol–water partition coefficient (Wildman–Crippen LogP) is 1.57. The number of ether oxygens (including phenoxy) is 1. The summed E-state index contributed by atoms with van der Waals surface area (Å²) in [6.45, 7) is 3.09. The SMILES string of the molecule is O=[N+]([O-])C1C=C(I)C=C(N2CCOCC2)C1. The first kappa shape index (κ1) is 11.8. The van der Waals surface area contributed by atoms with E-state index in [0.29, 0.717) is 19.6 Å². The van der Waals surface area contributed by atoms with Crippen molar-refractivity contribution in [3.8, 4) is 0 Å². The van der Waals surface area contributed by atoms with E-state index >= 15 is 0 Å². The summed E-state index contributed by atoms with van der Waals surface area (Å²) in [6.07, 6.45) is 4.25. The Morgan fingerprint density at radius 2 is 2.19 bits per heavy atom. The molecule has 0 aromatic carbocycles. The predicted molar refractivity (Wildman–Crippen MR) is 68.0 cm³/mol. The molecule has 5 nitrogen and oxygen atoms in total. The van der Waals surface area contributed by atoms with Gasteiger partial charge in [-0.2, -0.15) is 0 Å². The standard InChI is InChI=1S/C10H13IN2O3/c11-8-5-9(7-10(6-8)13(14)15)12-1-3-16-4-2-12/h5-6,10H,1-4,7H2. The summed E-state index contributed by atoms with van der Waals surface area (Å²) in [5.74, 6) is 0. The minimum Gasteiger partial charge on any atom is -0.378 e. The van der Waals surface area contributed by atoms with Crippen LogP contribution in [0, 0.1) is 10.1 Å². The molecule has 0 spiro atoms. The first-order valence-electron chi connectivity index (χ1n) is 5.21. The molecule has 0 aromatic heterocycles. The molecule has 1 unspecified atom stereocenters. The maximum absolute atomic E-state index is 10.8. The third kappa shape index (κ3) is 2.73. The second kappa shape index (κ2) is 5.13. The topological polar surface area (TPSA) is 55.6 Å². The Morgan fingerprint density at radius 3 is 2.81 bits per heavy atom. The fraction of sp³-hybridized carbons (Fsp3) is 0.600. The minimum absolute atomic E-state index is 0.216. The van der Waals surface area contributed by atoms with Gasteiger partial charge in [0.15, 0.2) is 0 Å². The molecule has 1 fully saturated rings. The highest BCUT2D eigenvalue weighted by Crippen LogP contribution is 2.26. The van der Waals surface area contributed by atoms with E-state index in [-0.39, 0.29) is 4.92 Å². The van der Waals surface area contributed by atoms with E-state index < -0.39 is 6.04 Å². The maximum atomic E-state index is 10.8. The summed E-state index contributed by atoms with van der Waals surface area (Å²) in [6, 6.07) is -0.574. The van der Waals surface area contributed by atoms with Crippen molar-refractivity contribution in [2.24, 2.45) is 0 Å². The van der Waals surface area contributed by atoms with Gasteiger partial charge in [0.1, 0.15) is 0 Å². The number of hydrogen-bond acceptors (Lipinski definition) is 4. The maximum Gasteiger partial charge on any atom is 0.238 e.